The van der Waals surface area contributed by atoms with Crippen molar-refractivity contribution in [1.82, 2.24) is 25.1 Å². The van der Waals surface area contributed by atoms with Gasteiger partial charge in [0.15, 0.2) is 0 Å². The van der Waals surface area contributed by atoms with Crippen LogP contribution in [0.3, 0.4) is 0 Å². The SMILES string of the molecule is Cc1ccc(Nc2ncc3c(n2)N(c2cc(F)c(CN4CCOCC4)c(F)c2)CC3)cc1CN1CCNC(C)(C)C1. The molecule has 3 aromatic rings. The first-order chi connectivity index (χ1) is 19.7. The van der Waals surface area contributed by atoms with Gasteiger partial charge in [-0.15, -0.1) is 0 Å². The fourth-order valence-corrected chi connectivity index (χ4v) is 6.01. The lowest BCUT2D eigenvalue weighted by atomic mass is 10.0. The molecule has 1 aromatic heterocycles. The Morgan fingerprint density at radius 3 is 2.54 bits per heavy atom. The number of nitrogens with zero attached hydrogens (tertiary/aromatic N) is 5. The Morgan fingerprint density at radius 1 is 1.00 bits per heavy atom. The summed E-state index contributed by atoms with van der Waals surface area (Å²) in [6.45, 7) is 13.8. The molecule has 0 radical (unpaired) electrons. The largest absolute Gasteiger partial charge is 0.379 e. The summed E-state index contributed by atoms with van der Waals surface area (Å²) < 4.78 is 35.7. The van der Waals surface area contributed by atoms with Crippen molar-refractivity contribution in [2.75, 3.05) is 62.7 Å². The number of hydrogen-bond donors (Lipinski definition) is 2. The van der Waals surface area contributed by atoms with Gasteiger partial charge in [0.05, 0.1) is 13.2 Å². The summed E-state index contributed by atoms with van der Waals surface area (Å²) in [6, 6.07) is 9.16. The van der Waals surface area contributed by atoms with Gasteiger partial charge in [0.25, 0.3) is 0 Å². The van der Waals surface area contributed by atoms with Crippen molar-refractivity contribution in [3.05, 3.63) is 70.4 Å². The van der Waals surface area contributed by atoms with E-state index in [1.165, 1.54) is 23.3 Å². The molecular formula is C31H39F2N7O. The first-order valence-electron chi connectivity index (χ1n) is 14.5. The topological polar surface area (TPSA) is 68.8 Å². The van der Waals surface area contributed by atoms with Gasteiger partial charge in [-0.2, -0.15) is 4.98 Å². The highest BCUT2D eigenvalue weighted by Gasteiger charge is 2.27. The van der Waals surface area contributed by atoms with Gasteiger partial charge in [0.1, 0.15) is 17.5 Å². The number of rotatable bonds is 7. The summed E-state index contributed by atoms with van der Waals surface area (Å²) in [4.78, 5) is 15.7. The van der Waals surface area contributed by atoms with Crippen LogP contribution in [0.4, 0.5) is 31.9 Å². The fourth-order valence-electron chi connectivity index (χ4n) is 6.01. The maximum absolute atomic E-state index is 15.2. The van der Waals surface area contributed by atoms with E-state index in [1.54, 1.807) is 0 Å². The van der Waals surface area contributed by atoms with Crippen LogP contribution in [0.25, 0.3) is 0 Å². The quantitative estimate of drug-likeness (QED) is 0.435. The number of halogens is 2. The highest BCUT2D eigenvalue weighted by Crippen LogP contribution is 2.35. The summed E-state index contributed by atoms with van der Waals surface area (Å²) in [6.07, 6.45) is 2.52. The van der Waals surface area contributed by atoms with E-state index in [4.69, 9.17) is 9.72 Å². The Hall–Kier alpha value is -3.18. The van der Waals surface area contributed by atoms with Crippen LogP contribution in [-0.2, 0) is 24.2 Å². The molecule has 0 aliphatic carbocycles. The predicted octanol–water partition coefficient (Wildman–Crippen LogP) is 4.52. The van der Waals surface area contributed by atoms with E-state index in [1.807, 2.05) is 22.1 Å². The van der Waals surface area contributed by atoms with E-state index in [0.717, 1.165) is 37.4 Å². The van der Waals surface area contributed by atoms with E-state index in [2.05, 4.69) is 53.4 Å². The molecule has 41 heavy (non-hydrogen) atoms. The zero-order valence-corrected chi connectivity index (χ0v) is 24.1. The van der Waals surface area contributed by atoms with Crippen LogP contribution in [0.15, 0.2) is 36.5 Å². The number of nitrogens with one attached hydrogen (secondary N) is 2. The van der Waals surface area contributed by atoms with Crippen LogP contribution >= 0.6 is 0 Å². The maximum Gasteiger partial charge on any atom is 0.229 e. The highest BCUT2D eigenvalue weighted by molar-refractivity contribution is 5.68. The molecule has 0 amide bonds. The third kappa shape index (κ3) is 6.35. The normalized spacial score (nSPS) is 19.4. The zero-order valence-electron chi connectivity index (χ0n) is 24.1. The molecule has 0 atom stereocenters. The first-order valence-corrected chi connectivity index (χ1v) is 14.5. The standard InChI is InChI=1S/C31H39F2N7O/c1-21-4-5-24(14-23(21)18-39-9-7-35-31(2,3)20-39)36-30-34-17-22-6-8-40(29(22)37-30)25-15-27(32)26(28(33)16-25)19-38-10-12-41-13-11-38/h4-5,14-17,35H,6-13,18-20H2,1-3H3,(H,34,36,37). The number of anilines is 4. The first kappa shape index (κ1) is 28.0. The number of hydrogen-bond acceptors (Lipinski definition) is 8. The Morgan fingerprint density at radius 2 is 1.78 bits per heavy atom. The molecular weight excluding hydrogens is 524 g/mol. The summed E-state index contributed by atoms with van der Waals surface area (Å²) in [7, 11) is 0. The van der Waals surface area contributed by atoms with E-state index in [-0.39, 0.29) is 17.6 Å². The fraction of sp³-hybridized carbons (Fsp3) is 0.484. The van der Waals surface area contributed by atoms with Crippen molar-refractivity contribution < 1.29 is 13.5 Å². The second kappa shape index (κ2) is 11.6. The van der Waals surface area contributed by atoms with Crippen molar-refractivity contribution >= 4 is 23.1 Å². The van der Waals surface area contributed by atoms with E-state index < -0.39 is 11.6 Å². The van der Waals surface area contributed by atoms with Gasteiger partial charge in [0, 0.05) is 86.6 Å². The molecule has 2 fully saturated rings. The minimum atomic E-state index is -0.535. The Bertz CT molecular complexity index is 1390. The Balaban J connectivity index is 1.19. The summed E-state index contributed by atoms with van der Waals surface area (Å²) in [5.41, 5.74) is 5.04. The predicted molar refractivity (Wildman–Crippen MR) is 157 cm³/mol. The van der Waals surface area contributed by atoms with Crippen LogP contribution in [0, 0.1) is 18.6 Å². The van der Waals surface area contributed by atoms with Crippen molar-refractivity contribution in [3.8, 4) is 0 Å². The lowest BCUT2D eigenvalue weighted by Gasteiger charge is -2.39. The number of ether oxygens (including phenoxy) is 1. The number of piperazine rings is 1. The number of benzene rings is 2. The van der Waals surface area contributed by atoms with Crippen LogP contribution in [0.5, 0.6) is 0 Å². The molecule has 2 N–H and O–H groups in total. The van der Waals surface area contributed by atoms with Gasteiger partial charge in [-0.25, -0.2) is 13.8 Å². The number of morpholine rings is 1. The van der Waals surface area contributed by atoms with Gasteiger partial charge in [-0.1, -0.05) is 6.07 Å². The van der Waals surface area contributed by atoms with Crippen LogP contribution in [0.1, 0.15) is 36.1 Å². The van der Waals surface area contributed by atoms with Crippen molar-refractivity contribution in [1.29, 1.82) is 0 Å². The molecule has 0 saturated carbocycles. The molecule has 4 heterocycles. The minimum absolute atomic E-state index is 0.0969. The van der Waals surface area contributed by atoms with Crippen LogP contribution in [-0.4, -0.2) is 77.8 Å². The summed E-state index contributed by atoms with van der Waals surface area (Å²) in [5, 5.41) is 6.93. The van der Waals surface area contributed by atoms with Gasteiger partial charge in [-0.05, 0) is 62.6 Å². The molecule has 8 nitrogen and oxygen atoms in total. The molecule has 3 aliphatic heterocycles. The molecule has 2 aromatic carbocycles. The molecule has 10 heteroatoms. The van der Waals surface area contributed by atoms with Gasteiger partial charge < -0.3 is 20.3 Å². The van der Waals surface area contributed by atoms with Crippen molar-refractivity contribution in [2.24, 2.45) is 0 Å². The van der Waals surface area contributed by atoms with Crippen LogP contribution < -0.4 is 15.5 Å². The molecule has 6 rings (SSSR count). The van der Waals surface area contributed by atoms with Gasteiger partial charge in [0.2, 0.25) is 5.95 Å². The van der Waals surface area contributed by atoms with Crippen molar-refractivity contribution in [3.63, 3.8) is 0 Å². The van der Waals surface area contributed by atoms with Gasteiger partial charge in [-0.3, -0.25) is 9.80 Å². The molecule has 0 spiro atoms. The van der Waals surface area contributed by atoms with Crippen LogP contribution in [0.2, 0.25) is 0 Å². The number of fused-ring (bicyclic) bond motifs is 1. The molecule has 218 valence electrons. The second-order valence-corrected chi connectivity index (χ2v) is 12.0. The molecule has 0 bridgehead atoms. The second-order valence-electron chi connectivity index (χ2n) is 12.0. The summed E-state index contributed by atoms with van der Waals surface area (Å²) >= 11 is 0. The average molecular weight is 564 g/mol. The minimum Gasteiger partial charge on any atom is -0.379 e. The Labute approximate surface area is 240 Å². The third-order valence-corrected chi connectivity index (χ3v) is 8.27. The van der Waals surface area contributed by atoms with E-state index in [0.29, 0.717) is 56.7 Å². The zero-order chi connectivity index (χ0) is 28.6. The molecule has 3 aliphatic rings. The van der Waals surface area contributed by atoms with E-state index >= 15 is 8.78 Å². The Kier molecular flexibility index (Phi) is 7.91. The highest BCUT2D eigenvalue weighted by atomic mass is 19.1. The summed E-state index contributed by atoms with van der Waals surface area (Å²) in [5.74, 6) is 0.0658. The number of aromatic nitrogens is 2. The lowest BCUT2D eigenvalue weighted by Crippen LogP contribution is -2.56. The lowest BCUT2D eigenvalue weighted by molar-refractivity contribution is 0.0332. The maximum atomic E-state index is 15.2. The number of aryl methyl sites for hydroxylation is 1. The average Bonchev–Trinajstić information content (AvgIpc) is 3.36. The third-order valence-electron chi connectivity index (χ3n) is 8.27. The monoisotopic (exact) mass is 563 g/mol. The molecule has 0 unspecified atom stereocenters. The van der Waals surface area contributed by atoms with Crippen molar-refractivity contribution in [2.45, 2.75) is 45.8 Å². The smallest absolute Gasteiger partial charge is 0.229 e. The van der Waals surface area contributed by atoms with E-state index in [9.17, 15) is 0 Å². The molecule has 2 saturated heterocycles. The van der Waals surface area contributed by atoms with Gasteiger partial charge >= 0.3 is 0 Å².